The Balaban J connectivity index is 0. The fourth-order valence-electron chi connectivity index (χ4n) is 0.931. The Morgan fingerprint density at radius 1 is 1.31 bits per heavy atom. The number of allylic oxidation sites excluding steroid dienone is 7. The lowest BCUT2D eigenvalue weighted by Gasteiger charge is -1.97. The molecule has 0 spiro atoms. The molecule has 0 rings (SSSR count). The van der Waals surface area contributed by atoms with Crippen molar-refractivity contribution < 1.29 is 0 Å². The molecule has 0 aromatic rings. The molecular weight excluding hydrogens is 156 g/mol. The maximum Gasteiger partial charge on any atom is -0.0237 e. The molecule has 0 heterocycles. The van der Waals surface area contributed by atoms with Crippen molar-refractivity contribution in [3.63, 3.8) is 0 Å². The van der Waals surface area contributed by atoms with Crippen molar-refractivity contribution in [3.8, 4) is 0 Å². The van der Waals surface area contributed by atoms with Crippen LogP contribution < -0.4 is 0 Å². The molecule has 0 saturated heterocycles. The van der Waals surface area contributed by atoms with Crippen molar-refractivity contribution in [2.45, 2.75) is 34.6 Å². The minimum Gasteiger partial charge on any atom is -0.0985 e. The predicted octanol–water partition coefficient (Wildman–Crippen LogP) is 4.67. The highest BCUT2D eigenvalue weighted by atomic mass is 13.9. The Labute approximate surface area is 83.4 Å². The molecule has 0 nitrogen and oxygen atoms in total. The van der Waals surface area contributed by atoms with Crippen molar-refractivity contribution in [2.24, 2.45) is 0 Å². The van der Waals surface area contributed by atoms with Gasteiger partial charge in [-0.3, -0.25) is 0 Å². The zero-order valence-corrected chi connectivity index (χ0v) is 8.30. The minimum absolute atomic E-state index is 0. The third-order valence-corrected chi connectivity index (χ3v) is 1.63. The largest absolute Gasteiger partial charge is 0.0985 e. The normalized spacial score (nSPS) is 12.8. The fraction of sp³-hybridized carbons (Fsp3) is 0.385. The van der Waals surface area contributed by atoms with E-state index in [1.165, 1.54) is 11.1 Å². The maximum atomic E-state index is 3.77. The van der Waals surface area contributed by atoms with Crippen molar-refractivity contribution >= 4 is 0 Å². The van der Waals surface area contributed by atoms with E-state index in [4.69, 9.17) is 0 Å². The second-order valence-corrected chi connectivity index (χ2v) is 2.65. The van der Waals surface area contributed by atoms with Crippen LogP contribution in [0.1, 0.15) is 34.6 Å². The quantitative estimate of drug-likeness (QED) is 0.549. The molecule has 74 valence electrons. The van der Waals surface area contributed by atoms with Gasteiger partial charge in [-0.2, -0.15) is 0 Å². The van der Waals surface area contributed by atoms with Crippen molar-refractivity contribution in [1.82, 2.24) is 0 Å². The highest BCUT2D eigenvalue weighted by Gasteiger charge is 1.88. The standard InChI is InChI=1S/C12H18.CH4/c1-5-8-10-11(4)12(7-3)9-6-2;/h6-10H,3,5H2,1-2,4H3;1H4/b9-6-,10-8-,12-11+;. The highest BCUT2D eigenvalue weighted by Crippen LogP contribution is 2.08. The van der Waals surface area contributed by atoms with Crippen LogP contribution in [0.3, 0.4) is 0 Å². The molecule has 0 aliphatic rings. The summed E-state index contributed by atoms with van der Waals surface area (Å²) >= 11 is 0. The molecule has 0 fully saturated rings. The van der Waals surface area contributed by atoms with E-state index in [-0.39, 0.29) is 7.43 Å². The first kappa shape index (κ1) is 14.5. The maximum absolute atomic E-state index is 3.77. The predicted molar refractivity (Wildman–Crippen MR) is 63.9 cm³/mol. The SMILES string of the molecule is C.C=CC(/C=C\C)=C(C)\C=C/CC. The van der Waals surface area contributed by atoms with Crippen molar-refractivity contribution in [1.29, 1.82) is 0 Å². The second kappa shape index (κ2) is 9.05. The first-order chi connectivity index (χ1) is 5.76. The van der Waals surface area contributed by atoms with Gasteiger partial charge in [-0.25, -0.2) is 0 Å². The summed E-state index contributed by atoms with van der Waals surface area (Å²) in [5, 5.41) is 0. The van der Waals surface area contributed by atoms with Gasteiger partial charge in [0.05, 0.1) is 0 Å². The molecule has 0 aromatic heterocycles. The van der Waals surface area contributed by atoms with Gasteiger partial charge >= 0.3 is 0 Å². The summed E-state index contributed by atoms with van der Waals surface area (Å²) in [6.07, 6.45) is 11.4. The topological polar surface area (TPSA) is 0 Å². The minimum atomic E-state index is 0. The van der Waals surface area contributed by atoms with Crippen LogP contribution in [0.4, 0.5) is 0 Å². The molecule has 0 aromatic carbocycles. The first-order valence-electron chi connectivity index (χ1n) is 4.38. The summed E-state index contributed by atoms with van der Waals surface area (Å²) in [5.74, 6) is 0. The van der Waals surface area contributed by atoms with Crippen LogP contribution in [0.2, 0.25) is 0 Å². The summed E-state index contributed by atoms with van der Waals surface area (Å²) in [6, 6.07) is 0. The number of hydrogen-bond acceptors (Lipinski definition) is 0. The van der Waals surface area contributed by atoms with E-state index in [2.05, 4.69) is 38.7 Å². The number of hydrogen-bond donors (Lipinski definition) is 0. The molecular formula is C13H22. The van der Waals surface area contributed by atoms with Gasteiger partial charge in [0.25, 0.3) is 0 Å². The molecule has 0 N–H and O–H groups in total. The Hall–Kier alpha value is -1.04. The summed E-state index contributed by atoms with van der Waals surface area (Å²) in [6.45, 7) is 10.0. The van der Waals surface area contributed by atoms with Crippen LogP contribution in [0.15, 0.2) is 48.1 Å². The van der Waals surface area contributed by atoms with Gasteiger partial charge < -0.3 is 0 Å². The molecule has 0 saturated carbocycles. The van der Waals surface area contributed by atoms with Crippen LogP contribution >= 0.6 is 0 Å². The van der Waals surface area contributed by atoms with E-state index in [0.717, 1.165) is 6.42 Å². The van der Waals surface area contributed by atoms with Crippen molar-refractivity contribution in [2.75, 3.05) is 0 Å². The van der Waals surface area contributed by atoms with Crippen LogP contribution in [0.25, 0.3) is 0 Å². The van der Waals surface area contributed by atoms with Gasteiger partial charge in [0, 0.05) is 0 Å². The van der Waals surface area contributed by atoms with Crippen LogP contribution in [-0.2, 0) is 0 Å². The summed E-state index contributed by atoms with van der Waals surface area (Å²) in [5.41, 5.74) is 2.46. The average Bonchev–Trinajstić information content (AvgIpc) is 2.10. The molecule has 0 atom stereocenters. The molecule has 0 heteroatoms. The summed E-state index contributed by atoms with van der Waals surface area (Å²) in [7, 11) is 0. The summed E-state index contributed by atoms with van der Waals surface area (Å²) < 4.78 is 0. The van der Waals surface area contributed by atoms with Gasteiger partial charge in [0.2, 0.25) is 0 Å². The molecule has 0 amide bonds. The van der Waals surface area contributed by atoms with Gasteiger partial charge in [0.1, 0.15) is 0 Å². The Bertz CT molecular complexity index is 214. The highest BCUT2D eigenvalue weighted by molar-refractivity contribution is 5.38. The monoisotopic (exact) mass is 178 g/mol. The fourth-order valence-corrected chi connectivity index (χ4v) is 0.931. The lowest BCUT2D eigenvalue weighted by Crippen LogP contribution is -1.77. The van der Waals surface area contributed by atoms with E-state index < -0.39 is 0 Å². The lowest BCUT2D eigenvalue weighted by molar-refractivity contribution is 1.21. The van der Waals surface area contributed by atoms with Crippen LogP contribution in [0, 0.1) is 0 Å². The van der Waals surface area contributed by atoms with Crippen molar-refractivity contribution in [3.05, 3.63) is 48.1 Å². The van der Waals surface area contributed by atoms with E-state index in [1.807, 2.05) is 19.1 Å². The van der Waals surface area contributed by atoms with Gasteiger partial charge in [-0.05, 0) is 31.4 Å². The molecule has 0 aliphatic carbocycles. The lowest BCUT2D eigenvalue weighted by atomic mass is 10.1. The molecule has 0 radical (unpaired) electrons. The molecule has 0 aliphatic heterocycles. The Morgan fingerprint density at radius 2 is 1.92 bits per heavy atom. The zero-order chi connectivity index (χ0) is 9.40. The van der Waals surface area contributed by atoms with E-state index in [9.17, 15) is 0 Å². The third kappa shape index (κ3) is 6.15. The molecule has 0 unspecified atom stereocenters. The Morgan fingerprint density at radius 3 is 2.31 bits per heavy atom. The molecule has 13 heavy (non-hydrogen) atoms. The molecule has 0 bridgehead atoms. The third-order valence-electron chi connectivity index (χ3n) is 1.63. The first-order valence-corrected chi connectivity index (χ1v) is 4.38. The Kier molecular flexibility index (Phi) is 10.1. The van der Waals surface area contributed by atoms with E-state index in [0.29, 0.717) is 0 Å². The zero-order valence-electron chi connectivity index (χ0n) is 8.30. The summed E-state index contributed by atoms with van der Waals surface area (Å²) in [4.78, 5) is 0. The van der Waals surface area contributed by atoms with Gasteiger partial charge in [0.15, 0.2) is 0 Å². The van der Waals surface area contributed by atoms with E-state index >= 15 is 0 Å². The van der Waals surface area contributed by atoms with Crippen LogP contribution in [0.5, 0.6) is 0 Å². The number of rotatable bonds is 4. The van der Waals surface area contributed by atoms with Crippen LogP contribution in [-0.4, -0.2) is 0 Å². The average molecular weight is 178 g/mol. The van der Waals surface area contributed by atoms with E-state index in [1.54, 1.807) is 0 Å². The second-order valence-electron chi connectivity index (χ2n) is 2.65. The van der Waals surface area contributed by atoms with Gasteiger partial charge in [-0.15, -0.1) is 0 Å². The van der Waals surface area contributed by atoms with Gasteiger partial charge in [-0.1, -0.05) is 51.3 Å². The smallest absolute Gasteiger partial charge is 0.0237 e.